The van der Waals surface area contributed by atoms with E-state index in [1.807, 2.05) is 0 Å². The summed E-state index contributed by atoms with van der Waals surface area (Å²) in [6.07, 6.45) is 2.65. The van der Waals surface area contributed by atoms with Crippen molar-refractivity contribution in [2.75, 3.05) is 19.7 Å². The lowest BCUT2D eigenvalue weighted by Crippen LogP contribution is -2.50. The summed E-state index contributed by atoms with van der Waals surface area (Å²) >= 11 is 0. The lowest BCUT2D eigenvalue weighted by atomic mass is 9.89. The summed E-state index contributed by atoms with van der Waals surface area (Å²) < 4.78 is 22.7. The zero-order valence-corrected chi connectivity index (χ0v) is 18.5. The Balaban J connectivity index is 1.45. The van der Waals surface area contributed by atoms with Crippen LogP contribution in [0.3, 0.4) is 0 Å². The van der Waals surface area contributed by atoms with Crippen LogP contribution in [-0.2, 0) is 23.4 Å². The summed E-state index contributed by atoms with van der Waals surface area (Å²) in [4.78, 5) is 34.4. The van der Waals surface area contributed by atoms with Gasteiger partial charge in [-0.3, -0.25) is 14.2 Å². The van der Waals surface area contributed by atoms with Gasteiger partial charge in [0.25, 0.3) is 11.5 Å². The molecule has 4 heterocycles. The number of carbonyl (C=O) groups is 1. The van der Waals surface area contributed by atoms with E-state index in [-0.39, 0.29) is 18.8 Å². The number of rotatable bonds is 4. The molecule has 3 aromatic rings. The van der Waals surface area contributed by atoms with E-state index in [0.717, 1.165) is 0 Å². The molecule has 3 N–H and O–H groups in total. The van der Waals surface area contributed by atoms with Gasteiger partial charge in [0.05, 0.1) is 18.8 Å². The molecule has 0 unspecified atom stereocenters. The number of amides is 1. The summed E-state index contributed by atoms with van der Waals surface area (Å²) in [5.74, 6) is -1.03. The molecule has 0 bridgehead atoms. The second-order valence-corrected chi connectivity index (χ2v) is 8.37. The highest BCUT2D eigenvalue weighted by Gasteiger charge is 2.42. The number of nitrogens with one attached hydrogen (secondary N) is 2. The van der Waals surface area contributed by atoms with Crippen LogP contribution in [0.25, 0.3) is 5.69 Å². The van der Waals surface area contributed by atoms with Crippen molar-refractivity contribution < 1.29 is 19.0 Å². The van der Waals surface area contributed by atoms with Crippen LogP contribution in [0.5, 0.6) is 5.75 Å². The minimum absolute atomic E-state index is 0.0154. The van der Waals surface area contributed by atoms with Crippen LogP contribution in [0.2, 0.25) is 0 Å². The number of aromatic hydroxyl groups is 1. The van der Waals surface area contributed by atoms with Crippen LogP contribution in [0.15, 0.2) is 29.3 Å². The molecule has 11 nitrogen and oxygen atoms in total. The van der Waals surface area contributed by atoms with Gasteiger partial charge in [0.1, 0.15) is 29.4 Å². The predicted octanol–water partition coefficient (Wildman–Crippen LogP) is 0.516. The molecule has 1 aromatic carbocycles. The van der Waals surface area contributed by atoms with Gasteiger partial charge in [0.2, 0.25) is 5.75 Å². The average Bonchev–Trinajstić information content (AvgIpc) is 3.27. The fraction of sp³-hybridized carbons (Fsp3) is 0.409. The van der Waals surface area contributed by atoms with Crippen molar-refractivity contribution in [3.8, 4) is 11.4 Å². The summed E-state index contributed by atoms with van der Waals surface area (Å²) in [6, 6.07) is 4.08. The van der Waals surface area contributed by atoms with Crippen LogP contribution in [0, 0.1) is 12.7 Å². The van der Waals surface area contributed by atoms with Gasteiger partial charge in [-0.1, -0.05) is 6.07 Å². The van der Waals surface area contributed by atoms with E-state index < -0.39 is 28.6 Å². The maximum absolute atomic E-state index is 13.9. The van der Waals surface area contributed by atoms with Gasteiger partial charge < -0.3 is 20.5 Å². The predicted molar refractivity (Wildman–Crippen MR) is 117 cm³/mol. The molecule has 0 radical (unpaired) electrons. The van der Waals surface area contributed by atoms with E-state index in [1.165, 1.54) is 33.8 Å². The van der Waals surface area contributed by atoms with E-state index in [0.29, 0.717) is 55.4 Å². The first-order valence-electron chi connectivity index (χ1n) is 11.0. The van der Waals surface area contributed by atoms with Crippen molar-refractivity contribution in [1.82, 2.24) is 34.9 Å². The topological polar surface area (TPSA) is 136 Å². The molecular weight excluding hydrogens is 445 g/mol. The zero-order valence-electron chi connectivity index (χ0n) is 18.5. The highest BCUT2D eigenvalue weighted by molar-refractivity contribution is 5.94. The van der Waals surface area contributed by atoms with Crippen molar-refractivity contribution in [2.24, 2.45) is 0 Å². The Kier molecular flexibility index (Phi) is 5.62. The monoisotopic (exact) mass is 469 g/mol. The van der Waals surface area contributed by atoms with E-state index in [2.05, 4.69) is 25.7 Å². The number of carbonyl (C=O) groups excluding carboxylic acids is 1. The molecule has 1 amide bonds. The van der Waals surface area contributed by atoms with E-state index in [1.54, 1.807) is 6.92 Å². The highest BCUT2D eigenvalue weighted by Crippen LogP contribution is 2.36. The van der Waals surface area contributed by atoms with Crippen LogP contribution >= 0.6 is 0 Å². The van der Waals surface area contributed by atoms with E-state index >= 15 is 0 Å². The first kappa shape index (κ1) is 22.2. The van der Waals surface area contributed by atoms with E-state index in [9.17, 15) is 19.1 Å². The van der Waals surface area contributed by atoms with Gasteiger partial charge in [0, 0.05) is 6.54 Å². The Labute approximate surface area is 193 Å². The molecule has 2 aromatic heterocycles. The van der Waals surface area contributed by atoms with Gasteiger partial charge in [0.15, 0.2) is 5.69 Å². The van der Waals surface area contributed by atoms with E-state index in [4.69, 9.17) is 4.74 Å². The van der Waals surface area contributed by atoms with Crippen molar-refractivity contribution >= 4 is 5.91 Å². The fourth-order valence-electron chi connectivity index (χ4n) is 4.47. The van der Waals surface area contributed by atoms with Crippen LogP contribution in [-0.4, -0.2) is 55.0 Å². The molecule has 0 atom stereocenters. The third-order valence-electron chi connectivity index (χ3n) is 6.21. The number of piperidine rings is 1. The SMILES string of the molecule is Cc1ncn(-c2cc(F)ccc2CNC(=O)c2nc3n(c(=O)c2O)CCOC32CCNCC2)n1. The van der Waals surface area contributed by atoms with Gasteiger partial charge in [-0.05, 0) is 50.6 Å². The second-order valence-electron chi connectivity index (χ2n) is 8.37. The van der Waals surface area contributed by atoms with Gasteiger partial charge in [-0.15, -0.1) is 0 Å². The van der Waals surface area contributed by atoms with Gasteiger partial charge in [-0.25, -0.2) is 19.0 Å². The Bertz CT molecular complexity index is 1310. The molecule has 178 valence electrons. The van der Waals surface area contributed by atoms with Crippen LogP contribution in [0.4, 0.5) is 4.39 Å². The maximum Gasteiger partial charge on any atom is 0.296 e. The van der Waals surface area contributed by atoms with Crippen molar-refractivity contribution in [2.45, 2.75) is 38.5 Å². The molecule has 1 fully saturated rings. The Morgan fingerprint density at radius 1 is 1.35 bits per heavy atom. The molecule has 12 heteroatoms. The smallest absolute Gasteiger partial charge is 0.296 e. The Morgan fingerprint density at radius 3 is 2.88 bits per heavy atom. The number of aryl methyl sites for hydroxylation is 1. The molecule has 5 rings (SSSR count). The van der Waals surface area contributed by atoms with Gasteiger partial charge in [-0.2, -0.15) is 5.10 Å². The van der Waals surface area contributed by atoms with Crippen molar-refractivity contribution in [1.29, 1.82) is 0 Å². The number of halogens is 1. The lowest BCUT2D eigenvalue weighted by Gasteiger charge is -2.41. The van der Waals surface area contributed by atoms with Crippen LogP contribution < -0.4 is 16.2 Å². The highest BCUT2D eigenvalue weighted by atomic mass is 19.1. The van der Waals surface area contributed by atoms with Gasteiger partial charge >= 0.3 is 0 Å². The number of aromatic nitrogens is 5. The molecule has 2 aliphatic rings. The molecular formula is C22H24FN7O4. The molecule has 1 spiro atoms. The summed E-state index contributed by atoms with van der Waals surface area (Å²) in [5, 5.41) is 20.6. The second kappa shape index (κ2) is 8.61. The molecule has 0 aliphatic carbocycles. The van der Waals surface area contributed by atoms with Crippen molar-refractivity contribution in [3.63, 3.8) is 0 Å². The number of ether oxygens (including phenoxy) is 1. The first-order chi connectivity index (χ1) is 16.4. The number of fused-ring (bicyclic) bond motifs is 2. The number of nitrogens with zero attached hydrogens (tertiary/aromatic N) is 5. The summed E-state index contributed by atoms with van der Waals surface area (Å²) in [5.41, 5.74) is -0.838. The number of hydrogen-bond donors (Lipinski definition) is 3. The normalized spacial score (nSPS) is 16.9. The molecule has 34 heavy (non-hydrogen) atoms. The number of benzene rings is 1. The number of hydrogen-bond acceptors (Lipinski definition) is 8. The molecule has 0 saturated carbocycles. The lowest BCUT2D eigenvalue weighted by molar-refractivity contribution is -0.102. The summed E-state index contributed by atoms with van der Waals surface area (Å²) in [7, 11) is 0. The largest absolute Gasteiger partial charge is 0.501 e. The minimum Gasteiger partial charge on any atom is -0.501 e. The quantitative estimate of drug-likeness (QED) is 0.503. The van der Waals surface area contributed by atoms with Crippen molar-refractivity contribution in [3.05, 3.63) is 63.6 Å². The third-order valence-corrected chi connectivity index (χ3v) is 6.21. The molecule has 1 saturated heterocycles. The average molecular weight is 469 g/mol. The Morgan fingerprint density at radius 2 is 2.15 bits per heavy atom. The summed E-state index contributed by atoms with van der Waals surface area (Å²) in [6.45, 7) is 3.65. The first-order valence-corrected chi connectivity index (χ1v) is 11.0. The standard InChI is InChI=1S/C22H24FN7O4/c1-13-26-12-30(28-13)16-10-15(23)3-2-14(16)11-25-19(32)17-18(31)20(33)29-8-9-34-22(21(29)27-17)4-6-24-7-5-22/h2-3,10,12,24,31H,4-9,11H2,1H3,(H,25,32). The van der Waals surface area contributed by atoms with Crippen LogP contribution in [0.1, 0.15) is 40.5 Å². The minimum atomic E-state index is -0.777. The molecule has 2 aliphatic heterocycles. The Hall–Kier alpha value is -3.64. The fourth-order valence-corrected chi connectivity index (χ4v) is 4.47. The third kappa shape index (κ3) is 3.84. The maximum atomic E-state index is 13.9. The zero-order chi connectivity index (χ0) is 23.9.